The molecule has 3 nitrogen and oxygen atoms in total. The molecule has 1 aliphatic heterocycles. The van der Waals surface area contributed by atoms with E-state index in [1.54, 1.807) is 0 Å². The van der Waals surface area contributed by atoms with Crippen LogP contribution >= 0.6 is 0 Å². The molecule has 0 spiro atoms. The van der Waals surface area contributed by atoms with Gasteiger partial charge >= 0.3 is 6.18 Å². The van der Waals surface area contributed by atoms with Gasteiger partial charge in [0.1, 0.15) is 0 Å². The molecular weight excluding hydrogens is 283 g/mol. The molecule has 2 atom stereocenters. The van der Waals surface area contributed by atoms with Crippen LogP contribution in [0.4, 0.5) is 13.2 Å². The van der Waals surface area contributed by atoms with Crippen molar-refractivity contribution >= 4 is 0 Å². The number of fused-ring (bicyclic) bond motifs is 1. The predicted molar refractivity (Wildman–Crippen MR) is 71.2 cm³/mol. The summed E-state index contributed by atoms with van der Waals surface area (Å²) in [5.74, 6) is 0.226. The van der Waals surface area contributed by atoms with E-state index in [2.05, 4.69) is 5.32 Å². The normalized spacial score (nSPS) is 25.1. The molecule has 1 heterocycles. The molecule has 2 unspecified atom stereocenters. The van der Waals surface area contributed by atoms with Gasteiger partial charge in [-0.25, -0.2) is 0 Å². The zero-order valence-electron chi connectivity index (χ0n) is 11.6. The molecule has 21 heavy (non-hydrogen) atoms. The fourth-order valence-electron chi connectivity index (χ4n) is 3.06. The SMILES string of the molecule is FC(F)(F)C1CCCC(NCc2cccc3c2OCO3)C1. The summed E-state index contributed by atoms with van der Waals surface area (Å²) in [4.78, 5) is 0. The Morgan fingerprint density at radius 2 is 2.05 bits per heavy atom. The monoisotopic (exact) mass is 301 g/mol. The number of para-hydroxylation sites is 1. The molecule has 1 N–H and O–H groups in total. The first-order chi connectivity index (χ1) is 10.0. The molecule has 1 aromatic carbocycles. The lowest BCUT2D eigenvalue weighted by Crippen LogP contribution is -2.38. The third-order valence-electron chi connectivity index (χ3n) is 4.20. The van der Waals surface area contributed by atoms with E-state index in [1.807, 2.05) is 18.2 Å². The Morgan fingerprint density at radius 3 is 2.86 bits per heavy atom. The van der Waals surface area contributed by atoms with Crippen LogP contribution in [-0.4, -0.2) is 19.0 Å². The average molecular weight is 301 g/mol. The first-order valence-corrected chi connectivity index (χ1v) is 7.21. The second-order valence-electron chi connectivity index (χ2n) is 5.63. The maximum Gasteiger partial charge on any atom is 0.391 e. The first kappa shape index (κ1) is 14.5. The minimum Gasteiger partial charge on any atom is -0.454 e. The van der Waals surface area contributed by atoms with Crippen LogP contribution < -0.4 is 14.8 Å². The molecule has 116 valence electrons. The van der Waals surface area contributed by atoms with Gasteiger partial charge in [-0.3, -0.25) is 0 Å². The van der Waals surface area contributed by atoms with E-state index in [0.29, 0.717) is 24.5 Å². The lowest BCUT2D eigenvalue weighted by atomic mass is 9.85. The summed E-state index contributed by atoms with van der Waals surface area (Å²) in [6, 6.07) is 5.50. The molecule has 0 radical (unpaired) electrons. The van der Waals surface area contributed by atoms with Crippen molar-refractivity contribution in [1.29, 1.82) is 0 Å². The van der Waals surface area contributed by atoms with Crippen molar-refractivity contribution in [2.45, 2.75) is 44.4 Å². The van der Waals surface area contributed by atoms with Crippen molar-refractivity contribution in [2.24, 2.45) is 5.92 Å². The Balaban J connectivity index is 1.59. The molecular formula is C15H18F3NO2. The van der Waals surface area contributed by atoms with E-state index in [-0.39, 0.29) is 25.7 Å². The van der Waals surface area contributed by atoms with Crippen LogP contribution in [0.3, 0.4) is 0 Å². The van der Waals surface area contributed by atoms with Crippen LogP contribution in [0.5, 0.6) is 11.5 Å². The topological polar surface area (TPSA) is 30.5 Å². The van der Waals surface area contributed by atoms with E-state index in [9.17, 15) is 13.2 Å². The number of nitrogens with one attached hydrogen (secondary N) is 1. The largest absolute Gasteiger partial charge is 0.454 e. The number of hydrogen-bond acceptors (Lipinski definition) is 3. The summed E-state index contributed by atoms with van der Waals surface area (Å²) in [6.07, 6.45) is -2.26. The number of rotatable bonds is 3. The summed E-state index contributed by atoms with van der Waals surface area (Å²) in [6.45, 7) is 0.702. The summed E-state index contributed by atoms with van der Waals surface area (Å²) in [7, 11) is 0. The smallest absolute Gasteiger partial charge is 0.391 e. The molecule has 1 aliphatic carbocycles. The van der Waals surface area contributed by atoms with Crippen molar-refractivity contribution in [1.82, 2.24) is 5.32 Å². The second kappa shape index (κ2) is 5.75. The van der Waals surface area contributed by atoms with Crippen LogP contribution in [0, 0.1) is 5.92 Å². The van der Waals surface area contributed by atoms with E-state index < -0.39 is 12.1 Å². The molecule has 0 saturated heterocycles. The van der Waals surface area contributed by atoms with E-state index in [0.717, 1.165) is 12.0 Å². The molecule has 1 aromatic rings. The summed E-state index contributed by atoms with van der Waals surface area (Å²) in [5.41, 5.74) is 0.930. The van der Waals surface area contributed by atoms with Gasteiger partial charge in [0.05, 0.1) is 5.92 Å². The Bertz CT molecular complexity index is 504. The van der Waals surface area contributed by atoms with Gasteiger partial charge in [0, 0.05) is 18.2 Å². The van der Waals surface area contributed by atoms with E-state index >= 15 is 0 Å². The molecule has 0 bridgehead atoms. The maximum absolute atomic E-state index is 12.8. The fraction of sp³-hybridized carbons (Fsp3) is 0.600. The molecule has 0 amide bonds. The highest BCUT2D eigenvalue weighted by atomic mass is 19.4. The van der Waals surface area contributed by atoms with Crippen molar-refractivity contribution in [3.8, 4) is 11.5 Å². The average Bonchev–Trinajstić information content (AvgIpc) is 2.93. The quantitative estimate of drug-likeness (QED) is 0.925. The molecule has 2 aliphatic rings. The third-order valence-corrected chi connectivity index (χ3v) is 4.20. The number of benzene rings is 1. The van der Waals surface area contributed by atoms with Crippen molar-refractivity contribution in [2.75, 3.05) is 6.79 Å². The molecule has 3 rings (SSSR count). The highest BCUT2D eigenvalue weighted by molar-refractivity contribution is 5.48. The third kappa shape index (κ3) is 3.26. The Kier molecular flexibility index (Phi) is 3.97. The standard InChI is InChI=1S/C15H18F3NO2/c16-15(17,18)11-4-2-5-12(7-11)19-8-10-3-1-6-13-14(10)21-9-20-13/h1,3,6,11-12,19H,2,4-5,7-9H2. The van der Waals surface area contributed by atoms with Gasteiger partial charge in [0.2, 0.25) is 6.79 Å². The van der Waals surface area contributed by atoms with Gasteiger partial charge in [-0.2, -0.15) is 13.2 Å². The minimum absolute atomic E-state index is 0.0939. The predicted octanol–water partition coefficient (Wildman–Crippen LogP) is 3.63. The number of alkyl halides is 3. The first-order valence-electron chi connectivity index (χ1n) is 7.21. The fourth-order valence-corrected chi connectivity index (χ4v) is 3.06. The van der Waals surface area contributed by atoms with E-state index in [4.69, 9.17) is 9.47 Å². The lowest BCUT2D eigenvalue weighted by Gasteiger charge is -2.31. The Morgan fingerprint density at radius 1 is 1.19 bits per heavy atom. The van der Waals surface area contributed by atoms with Gasteiger partial charge in [-0.15, -0.1) is 0 Å². The summed E-state index contributed by atoms with van der Waals surface area (Å²) < 4.78 is 49.1. The molecule has 6 heteroatoms. The van der Waals surface area contributed by atoms with Gasteiger partial charge in [-0.05, 0) is 25.3 Å². The molecule has 0 aromatic heterocycles. The number of halogens is 3. The van der Waals surface area contributed by atoms with Crippen LogP contribution in [0.25, 0.3) is 0 Å². The van der Waals surface area contributed by atoms with Crippen LogP contribution in [0.15, 0.2) is 18.2 Å². The number of ether oxygens (including phenoxy) is 2. The van der Waals surface area contributed by atoms with Gasteiger partial charge in [0.15, 0.2) is 11.5 Å². The van der Waals surface area contributed by atoms with Crippen LogP contribution in [-0.2, 0) is 6.54 Å². The molecule has 1 fully saturated rings. The Labute approximate surface area is 121 Å². The van der Waals surface area contributed by atoms with Crippen LogP contribution in [0.2, 0.25) is 0 Å². The number of hydrogen-bond donors (Lipinski definition) is 1. The van der Waals surface area contributed by atoms with E-state index in [1.165, 1.54) is 0 Å². The molecule has 1 saturated carbocycles. The van der Waals surface area contributed by atoms with Crippen LogP contribution in [0.1, 0.15) is 31.2 Å². The minimum atomic E-state index is -4.08. The summed E-state index contributed by atoms with van der Waals surface area (Å²) >= 11 is 0. The summed E-state index contributed by atoms with van der Waals surface area (Å²) in [5, 5.41) is 3.23. The maximum atomic E-state index is 12.8. The van der Waals surface area contributed by atoms with Gasteiger partial charge in [0.25, 0.3) is 0 Å². The zero-order valence-corrected chi connectivity index (χ0v) is 11.6. The van der Waals surface area contributed by atoms with Crippen molar-refractivity contribution in [3.05, 3.63) is 23.8 Å². The van der Waals surface area contributed by atoms with Crippen molar-refractivity contribution in [3.63, 3.8) is 0 Å². The second-order valence-corrected chi connectivity index (χ2v) is 5.63. The zero-order chi connectivity index (χ0) is 14.9. The highest BCUT2D eigenvalue weighted by Gasteiger charge is 2.42. The van der Waals surface area contributed by atoms with Gasteiger partial charge < -0.3 is 14.8 Å². The highest BCUT2D eigenvalue weighted by Crippen LogP contribution is 2.38. The Hall–Kier alpha value is -1.43. The lowest BCUT2D eigenvalue weighted by molar-refractivity contribution is -0.183. The van der Waals surface area contributed by atoms with Gasteiger partial charge in [-0.1, -0.05) is 18.6 Å². The van der Waals surface area contributed by atoms with Crippen molar-refractivity contribution < 1.29 is 22.6 Å².